The summed E-state index contributed by atoms with van der Waals surface area (Å²) in [5, 5.41) is 0. The summed E-state index contributed by atoms with van der Waals surface area (Å²) < 4.78 is 9.76. The van der Waals surface area contributed by atoms with E-state index in [-0.39, 0.29) is 9.10 Å². The van der Waals surface area contributed by atoms with E-state index in [2.05, 4.69) is 72.9 Å². The van der Waals surface area contributed by atoms with Gasteiger partial charge in [0.15, 0.2) is 0 Å². The average molecular weight is 348 g/mol. The molecule has 0 bridgehead atoms. The minimum absolute atomic E-state index is 0. The standard InChI is InChI=1S/C5H5.2C4H9.C2H7Si.H2N.Zr.2H/c1-2-4-5-3-1;2*1-4(2)3;1-3-2;;;;/h1-3H,4H2;2*1-3H3;3H,1-2H3;1H2;;;/q;;;;-1;+1;2*-1. The summed E-state index contributed by atoms with van der Waals surface area (Å²) >= 11 is -3.51. The van der Waals surface area contributed by atoms with Crippen molar-refractivity contribution in [1.29, 1.82) is 0 Å². The molecule has 0 aromatic carbocycles. The van der Waals surface area contributed by atoms with Crippen LogP contribution in [0.3, 0.4) is 0 Å². The van der Waals surface area contributed by atoms with Gasteiger partial charge in [-0.1, -0.05) is 0 Å². The second-order valence-corrected chi connectivity index (χ2v) is 42.2. The zero-order valence-electron chi connectivity index (χ0n) is 15.6. The Balaban J connectivity index is 0. The monoisotopic (exact) mass is 346 g/mol. The van der Waals surface area contributed by atoms with Crippen molar-refractivity contribution in [3.05, 3.63) is 21.5 Å². The molecule has 1 aliphatic rings. The van der Waals surface area contributed by atoms with Crippen LogP contribution in [0.1, 0.15) is 50.8 Å². The van der Waals surface area contributed by atoms with E-state index in [1.165, 1.54) is 0 Å². The fourth-order valence-corrected chi connectivity index (χ4v) is 54.3. The molecule has 1 aliphatic carbocycles. The molecule has 0 unspecified atom stereocenters. The Hall–Kier alpha value is 0.540. The van der Waals surface area contributed by atoms with Crippen molar-refractivity contribution in [3.8, 4) is 0 Å². The van der Waals surface area contributed by atoms with Gasteiger partial charge in [0.1, 0.15) is 0 Å². The Morgan fingerprint density at radius 2 is 1.56 bits per heavy atom. The summed E-state index contributed by atoms with van der Waals surface area (Å²) in [6.07, 6.45) is 8.00. The second-order valence-electron chi connectivity index (χ2n) is 8.39. The van der Waals surface area contributed by atoms with E-state index >= 15 is 0 Å². The van der Waals surface area contributed by atoms with Gasteiger partial charge in [-0.25, -0.2) is 0 Å². The van der Waals surface area contributed by atoms with Crippen LogP contribution in [0.25, 0.3) is 0 Å². The van der Waals surface area contributed by atoms with Gasteiger partial charge in [0.25, 0.3) is 0 Å². The molecule has 0 heterocycles. The first-order valence-electron chi connectivity index (χ1n) is 7.20. The summed E-state index contributed by atoms with van der Waals surface area (Å²) in [4.78, 5) is 0. The predicted molar refractivity (Wildman–Crippen MR) is 86.6 cm³/mol. The zero-order chi connectivity index (χ0) is 14.4. The van der Waals surface area contributed by atoms with Crippen LogP contribution in [-0.2, 0) is 18.2 Å². The van der Waals surface area contributed by atoms with E-state index in [4.69, 9.17) is 3.68 Å². The van der Waals surface area contributed by atoms with Gasteiger partial charge in [0.2, 0.25) is 0 Å². The summed E-state index contributed by atoms with van der Waals surface area (Å²) in [6, 6.07) is 0. The van der Waals surface area contributed by atoms with Gasteiger partial charge in [-0.15, -0.1) is 0 Å². The van der Waals surface area contributed by atoms with Crippen LogP contribution in [-0.4, -0.2) is 5.92 Å². The van der Waals surface area contributed by atoms with Gasteiger partial charge in [0.05, 0.1) is 0 Å². The normalized spacial score (nSPS) is 19.9. The van der Waals surface area contributed by atoms with Crippen molar-refractivity contribution in [2.24, 2.45) is 3.68 Å². The maximum absolute atomic E-state index is 7.59. The van der Waals surface area contributed by atoms with Crippen LogP contribution >= 0.6 is 0 Å². The van der Waals surface area contributed by atoms with Crippen molar-refractivity contribution in [2.45, 2.75) is 67.3 Å². The van der Waals surface area contributed by atoms with Gasteiger partial charge in [-0.05, 0) is 0 Å². The largest absolute Gasteiger partial charge is 1.00 e. The Morgan fingerprint density at radius 3 is 1.78 bits per heavy atom. The van der Waals surface area contributed by atoms with Crippen LogP contribution in [0.5, 0.6) is 0 Å². The third-order valence-corrected chi connectivity index (χ3v) is 58.6. The first kappa shape index (κ1) is 16.6. The van der Waals surface area contributed by atoms with E-state index in [9.17, 15) is 0 Å². The molecule has 0 saturated heterocycles. The quantitative estimate of drug-likeness (QED) is 0.696. The molecule has 1 nitrogen and oxygen atoms in total. The van der Waals surface area contributed by atoms with Crippen molar-refractivity contribution >= 4 is 5.92 Å². The van der Waals surface area contributed by atoms with Crippen molar-refractivity contribution < 1.29 is 21.1 Å². The summed E-state index contributed by atoms with van der Waals surface area (Å²) in [7, 11) is 0. The Labute approximate surface area is 119 Å². The van der Waals surface area contributed by atoms with Crippen LogP contribution in [0.15, 0.2) is 21.5 Å². The first-order chi connectivity index (χ1) is 7.88. The number of rotatable bonds is 2. The smallest absolute Gasteiger partial charge is 1.00 e. The molecule has 0 aromatic heterocycles. The van der Waals surface area contributed by atoms with E-state index in [0.717, 1.165) is 6.42 Å². The number of hydrogen-bond acceptors (Lipinski definition) is 1. The predicted octanol–water partition coefficient (Wildman–Crippen LogP) is 5.04. The Bertz CT molecular complexity index is 389. The first-order valence-corrected chi connectivity index (χ1v) is 19.4. The number of hydrogen-bond donors (Lipinski definition) is 1. The zero-order valence-corrected chi connectivity index (χ0v) is 17.2. The molecule has 0 saturated carbocycles. The van der Waals surface area contributed by atoms with E-state index in [0.29, 0.717) is 0 Å². The molecule has 109 valence electrons. The molecule has 0 spiro atoms. The summed E-state index contributed by atoms with van der Waals surface area (Å²) in [5.74, 6) is -0.960. The number of nitrogens with two attached hydrogens (primary N) is 1. The minimum Gasteiger partial charge on any atom is -1.00 e. The van der Waals surface area contributed by atoms with Crippen LogP contribution in [0.2, 0.25) is 19.3 Å². The molecular formula is C15H34NSiZr-2. The van der Waals surface area contributed by atoms with Crippen LogP contribution in [0.4, 0.5) is 0 Å². The minimum atomic E-state index is -3.51. The Kier molecular flexibility index (Phi) is 4.18. The van der Waals surface area contributed by atoms with Gasteiger partial charge >= 0.3 is 117 Å². The molecule has 0 atom stereocenters. The van der Waals surface area contributed by atoms with E-state index in [1.54, 1.807) is 3.28 Å². The van der Waals surface area contributed by atoms with Gasteiger partial charge < -0.3 is 2.85 Å². The van der Waals surface area contributed by atoms with Crippen molar-refractivity contribution in [1.82, 2.24) is 0 Å². The Morgan fingerprint density at radius 1 is 1.11 bits per heavy atom. The third-order valence-electron chi connectivity index (χ3n) is 5.89. The fourth-order valence-electron chi connectivity index (χ4n) is 5.04. The second kappa shape index (κ2) is 4.53. The molecule has 0 amide bonds. The van der Waals surface area contributed by atoms with Gasteiger partial charge in [-0.3, -0.25) is 0 Å². The molecule has 3 heteroatoms. The average Bonchev–Trinajstić information content (AvgIpc) is 2.64. The molecule has 2 N–H and O–H groups in total. The SMILES string of the molecule is C[SiH](C)[Zr]([NH2])([C]1=CC=CC1)([C](C)(C)C)[C](C)(C)C.[H-].[H-]. The van der Waals surface area contributed by atoms with Gasteiger partial charge in [0, 0.05) is 0 Å². The topological polar surface area (TPSA) is 26.0 Å². The molecule has 1 rings (SSSR count). The van der Waals surface area contributed by atoms with E-state index < -0.39 is 24.2 Å². The number of allylic oxidation sites excluding steroid dienone is 4. The summed E-state index contributed by atoms with van der Waals surface area (Å²) in [5.41, 5.74) is 0. The molecular weight excluding hydrogens is 313 g/mol. The van der Waals surface area contributed by atoms with Crippen molar-refractivity contribution in [3.63, 3.8) is 0 Å². The maximum atomic E-state index is 7.59. The van der Waals surface area contributed by atoms with Crippen LogP contribution < -0.4 is 3.68 Å². The molecule has 0 aromatic rings. The molecule has 18 heavy (non-hydrogen) atoms. The fraction of sp³-hybridized carbons (Fsp3) is 0.733. The molecule has 0 fully saturated rings. The van der Waals surface area contributed by atoms with E-state index in [1.807, 2.05) is 0 Å². The summed E-state index contributed by atoms with van der Waals surface area (Å²) in [6.45, 7) is 19.5. The third kappa shape index (κ3) is 1.77. The molecule has 0 aliphatic heterocycles. The molecule has 0 radical (unpaired) electrons. The van der Waals surface area contributed by atoms with Gasteiger partial charge in [-0.2, -0.15) is 0 Å². The maximum Gasteiger partial charge on any atom is -1.00 e. The van der Waals surface area contributed by atoms with Crippen LogP contribution in [0, 0.1) is 0 Å². The van der Waals surface area contributed by atoms with Crippen molar-refractivity contribution in [2.75, 3.05) is 0 Å².